The molecule has 1 aliphatic heterocycles. The van der Waals surface area contributed by atoms with Crippen LogP contribution in [0.4, 0.5) is 0 Å². The summed E-state index contributed by atoms with van der Waals surface area (Å²) >= 11 is 1.66. The third-order valence-electron chi connectivity index (χ3n) is 5.10. The first kappa shape index (κ1) is 20.2. The van der Waals surface area contributed by atoms with Crippen molar-refractivity contribution >= 4 is 22.2 Å². The van der Waals surface area contributed by atoms with Crippen LogP contribution in [0.2, 0.25) is 0 Å². The van der Waals surface area contributed by atoms with Crippen molar-refractivity contribution in [2.24, 2.45) is 0 Å². The van der Waals surface area contributed by atoms with Crippen LogP contribution < -0.4 is 5.56 Å². The molecule has 1 saturated heterocycles. The molecule has 3 aromatic rings. The number of H-pyrrole nitrogens is 1. The van der Waals surface area contributed by atoms with Gasteiger partial charge in [-0.2, -0.15) is 0 Å². The number of hydrogen-bond donors (Lipinski definition) is 2. The van der Waals surface area contributed by atoms with Crippen LogP contribution in [0.15, 0.2) is 46.6 Å². The topological polar surface area (TPSA) is 81.7 Å². The van der Waals surface area contributed by atoms with E-state index in [1.807, 2.05) is 35.7 Å². The smallest absolute Gasteiger partial charge is 0.258 e. The van der Waals surface area contributed by atoms with Gasteiger partial charge < -0.3 is 14.8 Å². The van der Waals surface area contributed by atoms with Crippen molar-refractivity contribution in [3.05, 3.63) is 62.8 Å². The first-order chi connectivity index (χ1) is 14.2. The van der Waals surface area contributed by atoms with Gasteiger partial charge in [0.2, 0.25) is 0 Å². The monoisotopic (exact) mass is 414 g/mol. The molecule has 0 saturated carbocycles. The van der Waals surface area contributed by atoms with Crippen LogP contribution in [-0.4, -0.2) is 70.3 Å². The lowest BCUT2D eigenvalue weighted by Crippen LogP contribution is -2.48. The fraction of sp³-hybridized carbons (Fsp3) is 0.429. The summed E-state index contributed by atoms with van der Waals surface area (Å²) in [4.78, 5) is 25.4. The fourth-order valence-corrected chi connectivity index (χ4v) is 4.23. The number of aliphatic hydroxyl groups is 1. The van der Waals surface area contributed by atoms with E-state index in [2.05, 4.69) is 19.8 Å². The van der Waals surface area contributed by atoms with Crippen molar-refractivity contribution in [1.29, 1.82) is 0 Å². The lowest BCUT2D eigenvalue weighted by Gasteiger charge is -2.35. The standard InChI is InChI=1S/C21H26N4O3S/c26-16(14-28-15-17-4-3-11-29-17)12-24-7-9-25(10-8-24)13-20-22-19-6-2-1-5-18(19)21(27)23-20/h1-6,11,16,26H,7-10,12-15H2,(H,22,23,27). The predicted molar refractivity (Wildman–Crippen MR) is 114 cm³/mol. The summed E-state index contributed by atoms with van der Waals surface area (Å²) in [6, 6.07) is 11.4. The number of rotatable bonds is 8. The van der Waals surface area contributed by atoms with Gasteiger partial charge in [0.1, 0.15) is 5.82 Å². The zero-order valence-electron chi connectivity index (χ0n) is 16.3. The minimum Gasteiger partial charge on any atom is -0.389 e. The summed E-state index contributed by atoms with van der Waals surface area (Å²) in [6.07, 6.45) is -0.486. The number of piperazine rings is 1. The molecule has 8 heteroatoms. The normalized spacial score (nSPS) is 17.0. The van der Waals surface area contributed by atoms with Gasteiger partial charge in [-0.05, 0) is 23.6 Å². The number of ether oxygens (including phenoxy) is 1. The number of hydrogen-bond acceptors (Lipinski definition) is 7. The van der Waals surface area contributed by atoms with Gasteiger partial charge in [0.25, 0.3) is 5.56 Å². The molecule has 1 unspecified atom stereocenters. The number of nitrogens with zero attached hydrogens (tertiary/aromatic N) is 3. The van der Waals surface area contributed by atoms with E-state index in [0.29, 0.717) is 37.5 Å². The van der Waals surface area contributed by atoms with E-state index in [0.717, 1.165) is 31.7 Å². The average Bonchev–Trinajstić information content (AvgIpc) is 3.23. The molecule has 1 aliphatic rings. The Bertz CT molecular complexity index is 967. The number of benzene rings is 1. The van der Waals surface area contributed by atoms with E-state index in [9.17, 15) is 9.90 Å². The molecule has 0 amide bonds. The van der Waals surface area contributed by atoms with Crippen LogP contribution in [0.1, 0.15) is 10.7 Å². The summed E-state index contributed by atoms with van der Waals surface area (Å²) in [5.41, 5.74) is 0.644. The highest BCUT2D eigenvalue weighted by Gasteiger charge is 2.20. The Kier molecular flexibility index (Phi) is 6.68. The Morgan fingerprint density at radius 3 is 2.72 bits per heavy atom. The molecule has 4 rings (SSSR count). The Labute approximate surface area is 173 Å². The summed E-state index contributed by atoms with van der Waals surface area (Å²) < 4.78 is 5.61. The number of β-amino-alcohol motifs (C(OH)–C–C–N with tert-alkyl or cyclic N) is 1. The Balaban J connectivity index is 1.22. The van der Waals surface area contributed by atoms with Crippen molar-refractivity contribution < 1.29 is 9.84 Å². The lowest BCUT2D eigenvalue weighted by molar-refractivity contribution is 0.00137. The van der Waals surface area contributed by atoms with Crippen molar-refractivity contribution in [2.45, 2.75) is 19.3 Å². The summed E-state index contributed by atoms with van der Waals surface area (Å²) in [5.74, 6) is 0.698. The van der Waals surface area contributed by atoms with Crippen molar-refractivity contribution in [1.82, 2.24) is 19.8 Å². The molecule has 7 nitrogen and oxygen atoms in total. The van der Waals surface area contributed by atoms with Gasteiger partial charge in [0.05, 0.1) is 36.8 Å². The highest BCUT2D eigenvalue weighted by atomic mass is 32.1. The summed E-state index contributed by atoms with van der Waals surface area (Å²) in [7, 11) is 0. The minimum absolute atomic E-state index is 0.0880. The molecule has 1 fully saturated rings. The second-order valence-corrected chi connectivity index (χ2v) is 8.39. The number of aromatic amines is 1. The highest BCUT2D eigenvalue weighted by Crippen LogP contribution is 2.11. The zero-order valence-corrected chi connectivity index (χ0v) is 17.1. The van der Waals surface area contributed by atoms with E-state index >= 15 is 0 Å². The second kappa shape index (κ2) is 9.60. The SMILES string of the molecule is O=c1[nH]c(CN2CCN(CC(O)COCc3cccs3)CC2)nc2ccccc12. The Morgan fingerprint density at radius 1 is 1.14 bits per heavy atom. The van der Waals surface area contributed by atoms with Crippen LogP contribution in [0.25, 0.3) is 10.9 Å². The van der Waals surface area contributed by atoms with Crippen LogP contribution >= 0.6 is 11.3 Å². The van der Waals surface area contributed by atoms with E-state index in [1.54, 1.807) is 17.4 Å². The van der Waals surface area contributed by atoms with Gasteiger partial charge in [-0.15, -0.1) is 11.3 Å². The molecule has 1 atom stereocenters. The molecule has 0 bridgehead atoms. The third kappa shape index (κ3) is 5.49. The van der Waals surface area contributed by atoms with Crippen molar-refractivity contribution in [3.63, 3.8) is 0 Å². The Morgan fingerprint density at radius 2 is 1.93 bits per heavy atom. The van der Waals surface area contributed by atoms with Crippen molar-refractivity contribution in [3.8, 4) is 0 Å². The van der Waals surface area contributed by atoms with Crippen molar-refractivity contribution in [2.75, 3.05) is 39.3 Å². The molecular formula is C21H26N4O3S. The molecule has 154 valence electrons. The molecule has 0 radical (unpaired) electrons. The summed E-state index contributed by atoms with van der Waals surface area (Å²) in [6.45, 7) is 5.64. The van der Waals surface area contributed by atoms with Gasteiger partial charge in [0.15, 0.2) is 0 Å². The van der Waals surface area contributed by atoms with E-state index in [1.165, 1.54) is 4.88 Å². The van der Waals surface area contributed by atoms with Crippen LogP contribution in [0, 0.1) is 0 Å². The highest BCUT2D eigenvalue weighted by molar-refractivity contribution is 7.09. The maximum atomic E-state index is 12.2. The average molecular weight is 415 g/mol. The van der Waals surface area contributed by atoms with Crippen LogP contribution in [0.5, 0.6) is 0 Å². The number of aromatic nitrogens is 2. The number of fused-ring (bicyclic) bond motifs is 1. The van der Waals surface area contributed by atoms with Gasteiger partial charge in [-0.25, -0.2) is 4.98 Å². The number of aliphatic hydroxyl groups excluding tert-OH is 1. The molecule has 2 aromatic heterocycles. The molecule has 0 aliphatic carbocycles. The lowest BCUT2D eigenvalue weighted by atomic mass is 10.2. The molecule has 0 spiro atoms. The largest absolute Gasteiger partial charge is 0.389 e. The first-order valence-electron chi connectivity index (χ1n) is 9.88. The quantitative estimate of drug-likeness (QED) is 0.584. The van der Waals surface area contributed by atoms with Crippen LogP contribution in [0.3, 0.4) is 0 Å². The molecular weight excluding hydrogens is 388 g/mol. The minimum atomic E-state index is -0.486. The predicted octanol–water partition coefficient (Wildman–Crippen LogP) is 1.68. The molecule has 1 aromatic carbocycles. The molecule has 29 heavy (non-hydrogen) atoms. The maximum absolute atomic E-state index is 12.2. The van der Waals surface area contributed by atoms with Gasteiger partial charge in [-0.3, -0.25) is 14.6 Å². The van der Waals surface area contributed by atoms with Gasteiger partial charge >= 0.3 is 0 Å². The maximum Gasteiger partial charge on any atom is 0.258 e. The fourth-order valence-electron chi connectivity index (χ4n) is 3.59. The second-order valence-electron chi connectivity index (χ2n) is 7.35. The number of para-hydroxylation sites is 1. The van der Waals surface area contributed by atoms with E-state index in [-0.39, 0.29) is 5.56 Å². The van der Waals surface area contributed by atoms with Crippen LogP contribution in [-0.2, 0) is 17.9 Å². The third-order valence-corrected chi connectivity index (χ3v) is 5.95. The van der Waals surface area contributed by atoms with Gasteiger partial charge in [-0.1, -0.05) is 18.2 Å². The zero-order chi connectivity index (χ0) is 20.1. The number of nitrogens with one attached hydrogen (secondary N) is 1. The Hall–Kier alpha value is -2.10. The number of thiophene rings is 1. The molecule has 3 heterocycles. The molecule has 2 N–H and O–H groups in total. The summed E-state index contributed by atoms with van der Waals surface area (Å²) in [5, 5.41) is 12.9. The first-order valence-corrected chi connectivity index (χ1v) is 10.8. The van der Waals surface area contributed by atoms with Gasteiger partial charge in [0, 0.05) is 37.6 Å². The van der Waals surface area contributed by atoms with E-state index in [4.69, 9.17) is 4.74 Å². The van der Waals surface area contributed by atoms with E-state index < -0.39 is 6.10 Å².